The van der Waals surface area contributed by atoms with E-state index in [9.17, 15) is 0 Å². The summed E-state index contributed by atoms with van der Waals surface area (Å²) in [5, 5.41) is 3.63. The van der Waals surface area contributed by atoms with Gasteiger partial charge in [0.25, 0.3) is 0 Å². The van der Waals surface area contributed by atoms with E-state index in [2.05, 4.69) is 38.0 Å². The SMILES string of the molecule is CSc1nc2cc(Oc3ccc4ccccc4c3Br)c(Cl)cc2[nH]1. The fraction of sp³-hybridized carbons (Fsp3) is 0.0556. The van der Waals surface area contributed by atoms with Crippen molar-refractivity contribution in [2.45, 2.75) is 5.16 Å². The van der Waals surface area contributed by atoms with Crippen LogP contribution in [-0.4, -0.2) is 16.2 Å². The maximum Gasteiger partial charge on any atom is 0.166 e. The van der Waals surface area contributed by atoms with E-state index >= 15 is 0 Å². The normalized spacial score (nSPS) is 11.3. The highest BCUT2D eigenvalue weighted by molar-refractivity contribution is 9.10. The van der Waals surface area contributed by atoms with Crippen molar-refractivity contribution in [1.82, 2.24) is 9.97 Å². The number of imidazole rings is 1. The summed E-state index contributed by atoms with van der Waals surface area (Å²) in [7, 11) is 0. The van der Waals surface area contributed by atoms with E-state index in [4.69, 9.17) is 16.3 Å². The van der Waals surface area contributed by atoms with E-state index in [1.54, 1.807) is 11.8 Å². The second-order valence-corrected chi connectivity index (χ2v) is 7.24. The smallest absolute Gasteiger partial charge is 0.166 e. The minimum Gasteiger partial charge on any atom is -0.455 e. The number of hydrogen-bond donors (Lipinski definition) is 1. The summed E-state index contributed by atoms with van der Waals surface area (Å²) in [5.74, 6) is 1.30. The molecule has 0 fully saturated rings. The van der Waals surface area contributed by atoms with Gasteiger partial charge in [-0.05, 0) is 45.1 Å². The van der Waals surface area contributed by atoms with E-state index in [-0.39, 0.29) is 0 Å². The third-order valence-electron chi connectivity index (χ3n) is 3.75. The van der Waals surface area contributed by atoms with Crippen LogP contribution in [0.4, 0.5) is 0 Å². The predicted molar refractivity (Wildman–Crippen MR) is 105 cm³/mol. The van der Waals surface area contributed by atoms with Crippen molar-refractivity contribution < 1.29 is 4.74 Å². The van der Waals surface area contributed by atoms with E-state index in [1.807, 2.05) is 42.7 Å². The average Bonchev–Trinajstić information content (AvgIpc) is 2.99. The Morgan fingerprint density at radius 1 is 1.12 bits per heavy atom. The molecule has 0 unspecified atom stereocenters. The number of nitrogens with zero attached hydrogens (tertiary/aromatic N) is 1. The zero-order chi connectivity index (χ0) is 16.7. The van der Waals surface area contributed by atoms with Gasteiger partial charge in [-0.25, -0.2) is 4.98 Å². The number of ether oxygens (including phenoxy) is 1. The Kier molecular flexibility index (Phi) is 4.16. The van der Waals surface area contributed by atoms with Crippen LogP contribution >= 0.6 is 39.3 Å². The number of rotatable bonds is 3. The molecule has 0 saturated carbocycles. The summed E-state index contributed by atoms with van der Waals surface area (Å²) in [4.78, 5) is 7.72. The van der Waals surface area contributed by atoms with Crippen molar-refractivity contribution in [2.24, 2.45) is 0 Å². The van der Waals surface area contributed by atoms with Gasteiger partial charge in [-0.1, -0.05) is 53.7 Å². The maximum absolute atomic E-state index is 6.38. The van der Waals surface area contributed by atoms with E-state index < -0.39 is 0 Å². The van der Waals surface area contributed by atoms with Gasteiger partial charge < -0.3 is 9.72 Å². The summed E-state index contributed by atoms with van der Waals surface area (Å²) < 4.78 is 6.97. The van der Waals surface area contributed by atoms with Crippen molar-refractivity contribution in [1.29, 1.82) is 0 Å². The van der Waals surface area contributed by atoms with Crippen LogP contribution in [0.3, 0.4) is 0 Å². The molecule has 3 nitrogen and oxygen atoms in total. The number of aromatic amines is 1. The molecule has 0 amide bonds. The van der Waals surface area contributed by atoms with Crippen LogP contribution < -0.4 is 4.74 Å². The second kappa shape index (κ2) is 6.31. The zero-order valence-electron chi connectivity index (χ0n) is 12.6. The lowest BCUT2D eigenvalue weighted by molar-refractivity contribution is 0.481. The summed E-state index contributed by atoms with van der Waals surface area (Å²) in [6.45, 7) is 0. The average molecular weight is 420 g/mol. The van der Waals surface area contributed by atoms with Crippen LogP contribution in [0.1, 0.15) is 0 Å². The van der Waals surface area contributed by atoms with Gasteiger partial charge in [-0.15, -0.1) is 0 Å². The molecule has 120 valence electrons. The first kappa shape index (κ1) is 15.8. The minimum atomic E-state index is 0.541. The Hall–Kier alpha value is -1.69. The van der Waals surface area contributed by atoms with Crippen LogP contribution in [0.25, 0.3) is 21.8 Å². The quantitative estimate of drug-likeness (QED) is 0.378. The number of halogens is 2. The summed E-state index contributed by atoms with van der Waals surface area (Å²) in [6.07, 6.45) is 1.98. The number of thioether (sulfide) groups is 1. The molecule has 0 saturated heterocycles. The number of hydrogen-bond acceptors (Lipinski definition) is 3. The third kappa shape index (κ3) is 2.77. The number of nitrogens with one attached hydrogen (secondary N) is 1. The first-order chi connectivity index (χ1) is 11.7. The zero-order valence-corrected chi connectivity index (χ0v) is 15.8. The van der Waals surface area contributed by atoms with Gasteiger partial charge in [-0.2, -0.15) is 0 Å². The van der Waals surface area contributed by atoms with E-state index in [0.29, 0.717) is 10.8 Å². The molecule has 6 heteroatoms. The molecule has 24 heavy (non-hydrogen) atoms. The molecule has 0 aliphatic heterocycles. The Morgan fingerprint density at radius 2 is 1.96 bits per heavy atom. The summed E-state index contributed by atoms with van der Waals surface area (Å²) in [6, 6.07) is 15.8. The van der Waals surface area contributed by atoms with Crippen molar-refractivity contribution in [3.05, 3.63) is 58.0 Å². The number of aromatic nitrogens is 2. The van der Waals surface area contributed by atoms with Crippen LogP contribution in [-0.2, 0) is 0 Å². The molecular weight excluding hydrogens is 408 g/mol. The van der Waals surface area contributed by atoms with Crippen LogP contribution in [0.15, 0.2) is 58.2 Å². The molecule has 1 aromatic heterocycles. The maximum atomic E-state index is 6.38. The van der Waals surface area contributed by atoms with Crippen molar-refractivity contribution in [3.63, 3.8) is 0 Å². The van der Waals surface area contributed by atoms with Gasteiger partial charge in [-0.3, -0.25) is 0 Å². The highest BCUT2D eigenvalue weighted by atomic mass is 79.9. The molecule has 4 rings (SSSR count). The number of benzene rings is 3. The van der Waals surface area contributed by atoms with Gasteiger partial charge in [0.2, 0.25) is 0 Å². The summed E-state index contributed by atoms with van der Waals surface area (Å²) >= 11 is 11.6. The minimum absolute atomic E-state index is 0.541. The topological polar surface area (TPSA) is 37.9 Å². The first-order valence-corrected chi connectivity index (χ1v) is 9.63. The molecule has 0 aliphatic rings. The second-order valence-electron chi connectivity index (χ2n) is 5.25. The van der Waals surface area contributed by atoms with Crippen molar-refractivity contribution in [3.8, 4) is 11.5 Å². The van der Waals surface area contributed by atoms with E-state index in [0.717, 1.165) is 37.2 Å². The lowest BCUT2D eigenvalue weighted by Gasteiger charge is -2.11. The van der Waals surface area contributed by atoms with Gasteiger partial charge in [0.05, 0.1) is 20.5 Å². The van der Waals surface area contributed by atoms with Gasteiger partial charge in [0.15, 0.2) is 5.16 Å². The molecule has 0 radical (unpaired) electrons. The third-order valence-corrected chi connectivity index (χ3v) is 5.45. The molecule has 0 atom stereocenters. The first-order valence-electron chi connectivity index (χ1n) is 7.24. The number of fused-ring (bicyclic) bond motifs is 2. The van der Waals surface area contributed by atoms with Crippen LogP contribution in [0.5, 0.6) is 11.5 Å². The Balaban J connectivity index is 1.78. The lowest BCUT2D eigenvalue weighted by Crippen LogP contribution is -1.88. The van der Waals surface area contributed by atoms with Gasteiger partial charge in [0, 0.05) is 6.07 Å². The molecule has 1 N–H and O–H groups in total. The molecular formula is C18H12BrClN2OS. The molecule has 3 aromatic carbocycles. The van der Waals surface area contributed by atoms with E-state index in [1.165, 1.54) is 0 Å². The highest BCUT2D eigenvalue weighted by Crippen LogP contribution is 2.39. The van der Waals surface area contributed by atoms with Crippen molar-refractivity contribution in [2.75, 3.05) is 6.26 Å². The molecule has 0 spiro atoms. The van der Waals surface area contributed by atoms with Crippen molar-refractivity contribution >= 4 is 61.1 Å². The van der Waals surface area contributed by atoms with Crippen LogP contribution in [0.2, 0.25) is 5.02 Å². The summed E-state index contributed by atoms with van der Waals surface area (Å²) in [5.41, 5.74) is 1.73. The van der Waals surface area contributed by atoms with Gasteiger partial charge in [0.1, 0.15) is 11.5 Å². The molecule has 1 heterocycles. The van der Waals surface area contributed by atoms with Crippen LogP contribution in [0, 0.1) is 0 Å². The lowest BCUT2D eigenvalue weighted by atomic mass is 10.1. The standard InChI is InChI=1S/C18H12BrClN2OS/c1-24-18-21-13-8-12(20)16(9-14(13)22-18)23-15-7-6-10-4-2-3-5-11(10)17(15)19/h2-9H,1H3,(H,21,22). The largest absolute Gasteiger partial charge is 0.455 e. The number of H-pyrrole nitrogens is 1. The Labute approximate surface area is 156 Å². The predicted octanol–water partition coefficient (Wildman–Crippen LogP) is 6.65. The van der Waals surface area contributed by atoms with Gasteiger partial charge >= 0.3 is 0 Å². The monoisotopic (exact) mass is 418 g/mol. The molecule has 4 aromatic rings. The highest BCUT2D eigenvalue weighted by Gasteiger charge is 2.12. The fourth-order valence-corrected chi connectivity index (χ4v) is 3.75. The Morgan fingerprint density at radius 3 is 2.79 bits per heavy atom. The Bertz CT molecular complexity index is 1060. The molecule has 0 aliphatic carbocycles. The molecule has 0 bridgehead atoms. The fourth-order valence-electron chi connectivity index (χ4n) is 2.57.